The summed E-state index contributed by atoms with van der Waals surface area (Å²) in [6, 6.07) is 11.5. The highest BCUT2D eigenvalue weighted by Crippen LogP contribution is 2.23. The standard InChI is InChI=1S/C21H30N4O3/c1-5-22-21(25-16(3)15-26-4)24-14-17-11-12-23-20(13-17)28-19-9-7-18(8-10-19)27-6-2/h7-13,16H,5-6,14-15H2,1-4H3,(H2,22,24,25). The number of aromatic nitrogens is 1. The molecule has 0 amide bonds. The fourth-order valence-electron chi connectivity index (χ4n) is 2.51. The van der Waals surface area contributed by atoms with Gasteiger partial charge < -0.3 is 24.8 Å². The maximum atomic E-state index is 5.84. The summed E-state index contributed by atoms with van der Waals surface area (Å²) in [6.07, 6.45) is 1.72. The van der Waals surface area contributed by atoms with Gasteiger partial charge in [-0.15, -0.1) is 0 Å². The predicted molar refractivity (Wildman–Crippen MR) is 111 cm³/mol. The lowest BCUT2D eigenvalue weighted by molar-refractivity contribution is 0.179. The number of pyridine rings is 1. The smallest absolute Gasteiger partial charge is 0.219 e. The van der Waals surface area contributed by atoms with Gasteiger partial charge in [0.05, 0.1) is 19.8 Å². The quantitative estimate of drug-likeness (QED) is 0.482. The molecule has 1 heterocycles. The Bertz CT molecular complexity index is 735. The van der Waals surface area contributed by atoms with Crippen molar-refractivity contribution >= 4 is 5.96 Å². The summed E-state index contributed by atoms with van der Waals surface area (Å²) in [4.78, 5) is 8.91. The van der Waals surface area contributed by atoms with Crippen LogP contribution in [-0.4, -0.2) is 43.9 Å². The average molecular weight is 386 g/mol. The van der Waals surface area contributed by atoms with Gasteiger partial charge in [-0.25, -0.2) is 9.98 Å². The summed E-state index contributed by atoms with van der Waals surface area (Å²) in [5.41, 5.74) is 1.01. The van der Waals surface area contributed by atoms with E-state index in [4.69, 9.17) is 14.2 Å². The topological polar surface area (TPSA) is 77.0 Å². The minimum Gasteiger partial charge on any atom is -0.494 e. The van der Waals surface area contributed by atoms with Crippen LogP contribution in [0.4, 0.5) is 0 Å². The Labute approximate surface area is 167 Å². The van der Waals surface area contributed by atoms with E-state index in [9.17, 15) is 0 Å². The van der Waals surface area contributed by atoms with Gasteiger partial charge >= 0.3 is 0 Å². The molecule has 0 radical (unpaired) electrons. The van der Waals surface area contributed by atoms with Crippen LogP contribution in [0.3, 0.4) is 0 Å². The lowest BCUT2D eigenvalue weighted by Gasteiger charge is -2.17. The summed E-state index contributed by atoms with van der Waals surface area (Å²) in [5.74, 6) is 2.80. The minimum absolute atomic E-state index is 0.166. The van der Waals surface area contributed by atoms with Crippen molar-refractivity contribution in [1.82, 2.24) is 15.6 Å². The highest BCUT2D eigenvalue weighted by molar-refractivity contribution is 5.80. The van der Waals surface area contributed by atoms with Gasteiger partial charge in [-0.05, 0) is 56.7 Å². The van der Waals surface area contributed by atoms with E-state index < -0.39 is 0 Å². The molecule has 0 saturated carbocycles. The Morgan fingerprint density at radius 1 is 1.14 bits per heavy atom. The van der Waals surface area contributed by atoms with Gasteiger partial charge in [-0.1, -0.05) is 0 Å². The minimum atomic E-state index is 0.166. The number of hydrogen-bond acceptors (Lipinski definition) is 5. The highest BCUT2D eigenvalue weighted by Gasteiger charge is 2.05. The van der Waals surface area contributed by atoms with Crippen molar-refractivity contribution in [2.75, 3.05) is 26.9 Å². The second-order valence-electron chi connectivity index (χ2n) is 6.20. The van der Waals surface area contributed by atoms with Crippen LogP contribution in [0.1, 0.15) is 26.3 Å². The van der Waals surface area contributed by atoms with Crippen LogP contribution in [0, 0.1) is 0 Å². The third-order valence-corrected chi connectivity index (χ3v) is 3.72. The van der Waals surface area contributed by atoms with Gasteiger partial charge in [-0.3, -0.25) is 0 Å². The van der Waals surface area contributed by atoms with Crippen LogP contribution in [-0.2, 0) is 11.3 Å². The van der Waals surface area contributed by atoms with Gasteiger partial charge in [0.15, 0.2) is 5.96 Å². The SMILES string of the molecule is CCNC(=NCc1ccnc(Oc2ccc(OCC)cc2)c1)NC(C)COC. The zero-order valence-electron chi connectivity index (χ0n) is 17.1. The van der Waals surface area contributed by atoms with Crippen LogP contribution < -0.4 is 20.1 Å². The Hall–Kier alpha value is -2.80. The fourth-order valence-corrected chi connectivity index (χ4v) is 2.51. The maximum Gasteiger partial charge on any atom is 0.219 e. The second kappa shape index (κ2) is 11.8. The van der Waals surface area contributed by atoms with Crippen molar-refractivity contribution in [1.29, 1.82) is 0 Å². The molecule has 1 atom stereocenters. The maximum absolute atomic E-state index is 5.84. The van der Waals surface area contributed by atoms with E-state index in [0.29, 0.717) is 31.4 Å². The van der Waals surface area contributed by atoms with Crippen LogP contribution in [0.25, 0.3) is 0 Å². The Morgan fingerprint density at radius 3 is 2.57 bits per heavy atom. The van der Waals surface area contributed by atoms with Crippen molar-refractivity contribution in [2.45, 2.75) is 33.4 Å². The Kier molecular flexibility index (Phi) is 9.07. The van der Waals surface area contributed by atoms with E-state index in [2.05, 4.69) is 20.6 Å². The Balaban J connectivity index is 2.00. The zero-order chi connectivity index (χ0) is 20.2. The molecular weight excluding hydrogens is 356 g/mol. The molecule has 1 aromatic carbocycles. The van der Waals surface area contributed by atoms with E-state index in [0.717, 1.165) is 23.8 Å². The largest absolute Gasteiger partial charge is 0.494 e. The number of hydrogen-bond donors (Lipinski definition) is 2. The van der Waals surface area contributed by atoms with Crippen molar-refractivity contribution in [3.8, 4) is 17.4 Å². The number of nitrogens with zero attached hydrogens (tertiary/aromatic N) is 2. The lowest BCUT2D eigenvalue weighted by Crippen LogP contribution is -2.43. The number of rotatable bonds is 10. The zero-order valence-corrected chi connectivity index (χ0v) is 17.1. The molecule has 0 aliphatic rings. The molecule has 0 bridgehead atoms. The molecule has 2 N–H and O–H groups in total. The van der Waals surface area contributed by atoms with E-state index in [1.807, 2.05) is 57.2 Å². The number of ether oxygens (including phenoxy) is 3. The number of guanidine groups is 1. The summed E-state index contributed by atoms with van der Waals surface area (Å²) in [5, 5.41) is 6.55. The number of benzene rings is 1. The Morgan fingerprint density at radius 2 is 1.89 bits per heavy atom. The van der Waals surface area contributed by atoms with E-state index >= 15 is 0 Å². The third-order valence-electron chi connectivity index (χ3n) is 3.72. The predicted octanol–water partition coefficient (Wildman–Crippen LogP) is 3.36. The van der Waals surface area contributed by atoms with Crippen LogP contribution in [0.15, 0.2) is 47.6 Å². The van der Waals surface area contributed by atoms with Gasteiger partial charge in [-0.2, -0.15) is 0 Å². The molecule has 1 unspecified atom stereocenters. The van der Waals surface area contributed by atoms with Gasteiger partial charge in [0.1, 0.15) is 11.5 Å². The van der Waals surface area contributed by atoms with E-state index in [1.165, 1.54) is 0 Å². The molecule has 152 valence electrons. The molecule has 0 aliphatic carbocycles. The first-order valence-corrected chi connectivity index (χ1v) is 9.54. The number of nitrogens with one attached hydrogen (secondary N) is 2. The summed E-state index contributed by atoms with van der Waals surface area (Å²) < 4.78 is 16.4. The average Bonchev–Trinajstić information content (AvgIpc) is 2.69. The molecule has 2 rings (SSSR count). The molecule has 7 heteroatoms. The summed E-state index contributed by atoms with van der Waals surface area (Å²) in [7, 11) is 1.69. The van der Waals surface area contributed by atoms with Crippen molar-refractivity contribution < 1.29 is 14.2 Å². The fraction of sp³-hybridized carbons (Fsp3) is 0.429. The normalized spacial score (nSPS) is 12.4. The molecule has 2 aromatic rings. The molecule has 0 fully saturated rings. The molecule has 0 saturated heterocycles. The number of aliphatic imine (C=N–C) groups is 1. The van der Waals surface area contributed by atoms with Crippen LogP contribution in [0.5, 0.6) is 17.4 Å². The van der Waals surface area contributed by atoms with Gasteiger partial charge in [0, 0.05) is 32.0 Å². The summed E-state index contributed by atoms with van der Waals surface area (Å²) in [6.45, 7) is 8.58. The monoisotopic (exact) mass is 386 g/mol. The van der Waals surface area contributed by atoms with Crippen LogP contribution >= 0.6 is 0 Å². The molecule has 0 spiro atoms. The molecule has 28 heavy (non-hydrogen) atoms. The lowest BCUT2D eigenvalue weighted by atomic mass is 10.2. The van der Waals surface area contributed by atoms with Crippen molar-refractivity contribution in [3.63, 3.8) is 0 Å². The van der Waals surface area contributed by atoms with E-state index in [-0.39, 0.29) is 6.04 Å². The first-order chi connectivity index (χ1) is 13.6. The van der Waals surface area contributed by atoms with Crippen molar-refractivity contribution in [3.05, 3.63) is 48.2 Å². The molecule has 7 nitrogen and oxygen atoms in total. The third kappa shape index (κ3) is 7.44. The summed E-state index contributed by atoms with van der Waals surface area (Å²) >= 11 is 0. The highest BCUT2D eigenvalue weighted by atomic mass is 16.5. The molecule has 1 aromatic heterocycles. The second-order valence-corrected chi connectivity index (χ2v) is 6.20. The van der Waals surface area contributed by atoms with Gasteiger partial charge in [0.25, 0.3) is 0 Å². The molecular formula is C21H30N4O3. The van der Waals surface area contributed by atoms with E-state index in [1.54, 1.807) is 13.3 Å². The van der Waals surface area contributed by atoms with Gasteiger partial charge in [0.2, 0.25) is 5.88 Å². The first-order valence-electron chi connectivity index (χ1n) is 9.54. The van der Waals surface area contributed by atoms with Crippen LogP contribution in [0.2, 0.25) is 0 Å². The molecule has 0 aliphatic heterocycles. The first kappa shape index (κ1) is 21.5. The van der Waals surface area contributed by atoms with Crippen molar-refractivity contribution in [2.24, 2.45) is 4.99 Å². The number of methoxy groups -OCH3 is 1.